The van der Waals surface area contributed by atoms with E-state index >= 15 is 0 Å². The van der Waals surface area contributed by atoms with Crippen LogP contribution in [0.2, 0.25) is 0 Å². The molecule has 1 aliphatic heterocycles. The zero-order valence-corrected chi connectivity index (χ0v) is 10.4. The molecule has 1 amide bonds. The number of carbonyl (C=O) groups excluding carboxylic acids is 1. The SMILES string of the molecule is NCC1C2CN(c3ccc(Br)cc3)C(=O)C12. The van der Waals surface area contributed by atoms with E-state index in [1.54, 1.807) is 0 Å². The lowest BCUT2D eigenvalue weighted by Crippen LogP contribution is -2.31. The first-order chi connectivity index (χ1) is 7.72. The highest BCUT2D eigenvalue weighted by molar-refractivity contribution is 9.10. The summed E-state index contributed by atoms with van der Waals surface area (Å²) in [6.45, 7) is 1.49. The smallest absolute Gasteiger partial charge is 0.230 e. The van der Waals surface area contributed by atoms with Gasteiger partial charge in [0.25, 0.3) is 0 Å². The molecule has 1 saturated carbocycles. The van der Waals surface area contributed by atoms with E-state index in [0.29, 0.717) is 18.4 Å². The number of hydrogen-bond donors (Lipinski definition) is 1. The topological polar surface area (TPSA) is 46.3 Å². The van der Waals surface area contributed by atoms with Gasteiger partial charge in [0, 0.05) is 22.6 Å². The number of anilines is 1. The molecule has 84 valence electrons. The van der Waals surface area contributed by atoms with Gasteiger partial charge in [0.05, 0.1) is 0 Å². The molecule has 16 heavy (non-hydrogen) atoms. The minimum absolute atomic E-state index is 0.202. The lowest BCUT2D eigenvalue weighted by atomic mass is 10.2. The normalized spacial score (nSPS) is 31.8. The van der Waals surface area contributed by atoms with Crippen LogP contribution >= 0.6 is 15.9 Å². The summed E-state index contributed by atoms with van der Waals surface area (Å²) in [7, 11) is 0. The van der Waals surface area contributed by atoms with E-state index < -0.39 is 0 Å². The van der Waals surface area contributed by atoms with Gasteiger partial charge in [-0.3, -0.25) is 4.79 Å². The number of hydrogen-bond acceptors (Lipinski definition) is 2. The molecule has 1 aliphatic carbocycles. The summed E-state index contributed by atoms with van der Waals surface area (Å²) in [6, 6.07) is 7.88. The van der Waals surface area contributed by atoms with Crippen LogP contribution in [0.15, 0.2) is 28.7 Å². The van der Waals surface area contributed by atoms with Gasteiger partial charge >= 0.3 is 0 Å². The maximum absolute atomic E-state index is 12.1. The molecule has 2 aliphatic rings. The van der Waals surface area contributed by atoms with Gasteiger partial charge in [0.2, 0.25) is 5.91 Å². The summed E-state index contributed by atoms with van der Waals surface area (Å²) in [5.74, 6) is 1.40. The van der Waals surface area contributed by atoms with Crippen molar-refractivity contribution in [2.24, 2.45) is 23.5 Å². The van der Waals surface area contributed by atoms with Crippen molar-refractivity contribution in [3.63, 3.8) is 0 Å². The van der Waals surface area contributed by atoms with Crippen LogP contribution in [0.1, 0.15) is 0 Å². The molecule has 1 aromatic rings. The van der Waals surface area contributed by atoms with E-state index in [2.05, 4.69) is 15.9 Å². The second kappa shape index (κ2) is 3.57. The molecule has 3 unspecified atom stereocenters. The Morgan fingerprint density at radius 1 is 1.38 bits per heavy atom. The van der Waals surface area contributed by atoms with Crippen molar-refractivity contribution in [1.82, 2.24) is 0 Å². The summed E-state index contributed by atoms with van der Waals surface area (Å²) in [5.41, 5.74) is 6.61. The third kappa shape index (κ3) is 1.40. The van der Waals surface area contributed by atoms with E-state index in [-0.39, 0.29) is 11.8 Å². The van der Waals surface area contributed by atoms with E-state index in [9.17, 15) is 4.79 Å². The number of benzene rings is 1. The van der Waals surface area contributed by atoms with E-state index in [4.69, 9.17) is 5.73 Å². The average Bonchev–Trinajstić information content (AvgIpc) is 2.90. The number of halogens is 1. The Morgan fingerprint density at radius 3 is 2.56 bits per heavy atom. The number of carbonyl (C=O) groups is 1. The summed E-state index contributed by atoms with van der Waals surface area (Å²) >= 11 is 3.39. The standard InChI is InChI=1S/C12H13BrN2O/c13-7-1-3-8(4-2-7)15-6-10-9(5-14)11(10)12(15)16/h1-4,9-11H,5-6,14H2. The van der Waals surface area contributed by atoms with Crippen LogP contribution < -0.4 is 10.6 Å². The monoisotopic (exact) mass is 280 g/mol. The van der Waals surface area contributed by atoms with E-state index in [0.717, 1.165) is 16.7 Å². The average molecular weight is 281 g/mol. The highest BCUT2D eigenvalue weighted by Gasteiger charge is 2.60. The van der Waals surface area contributed by atoms with Crippen molar-refractivity contribution in [3.05, 3.63) is 28.7 Å². The number of rotatable bonds is 2. The highest BCUT2D eigenvalue weighted by Crippen LogP contribution is 2.52. The Balaban J connectivity index is 1.80. The fourth-order valence-electron chi connectivity index (χ4n) is 2.72. The second-order valence-electron chi connectivity index (χ2n) is 4.51. The highest BCUT2D eigenvalue weighted by atomic mass is 79.9. The van der Waals surface area contributed by atoms with Crippen molar-refractivity contribution in [1.29, 1.82) is 0 Å². The van der Waals surface area contributed by atoms with Crippen LogP contribution in [0.4, 0.5) is 5.69 Å². The maximum Gasteiger partial charge on any atom is 0.230 e. The number of amides is 1. The number of fused-ring (bicyclic) bond motifs is 1. The lowest BCUT2D eigenvalue weighted by Gasteiger charge is -2.19. The van der Waals surface area contributed by atoms with Crippen molar-refractivity contribution in [3.8, 4) is 0 Å². The van der Waals surface area contributed by atoms with Gasteiger partial charge in [0.15, 0.2) is 0 Å². The summed E-state index contributed by atoms with van der Waals surface area (Å²) in [4.78, 5) is 13.9. The first-order valence-corrected chi connectivity index (χ1v) is 6.28. The molecular weight excluding hydrogens is 268 g/mol. The van der Waals surface area contributed by atoms with Crippen molar-refractivity contribution >= 4 is 27.5 Å². The molecule has 3 rings (SSSR count). The summed E-state index contributed by atoms with van der Waals surface area (Å²) in [6.07, 6.45) is 0. The quantitative estimate of drug-likeness (QED) is 0.895. The molecule has 0 aromatic heterocycles. The first kappa shape index (κ1) is 10.3. The minimum atomic E-state index is 0.202. The van der Waals surface area contributed by atoms with Crippen LogP contribution in [0.3, 0.4) is 0 Å². The van der Waals surface area contributed by atoms with Crippen LogP contribution in [-0.4, -0.2) is 19.0 Å². The first-order valence-electron chi connectivity index (χ1n) is 5.49. The Bertz CT molecular complexity index is 431. The predicted molar refractivity (Wildman–Crippen MR) is 66.0 cm³/mol. The van der Waals surface area contributed by atoms with Gasteiger partial charge in [-0.25, -0.2) is 0 Å². The fourth-order valence-corrected chi connectivity index (χ4v) is 2.98. The predicted octanol–water partition coefficient (Wildman–Crippen LogP) is 1.62. The molecule has 3 nitrogen and oxygen atoms in total. The molecule has 1 saturated heterocycles. The van der Waals surface area contributed by atoms with Crippen LogP contribution in [0, 0.1) is 17.8 Å². The summed E-state index contributed by atoms with van der Waals surface area (Å²) < 4.78 is 1.04. The third-order valence-corrected chi connectivity index (χ3v) is 4.22. The van der Waals surface area contributed by atoms with Gasteiger partial charge in [-0.2, -0.15) is 0 Å². The second-order valence-corrected chi connectivity index (χ2v) is 5.43. The van der Waals surface area contributed by atoms with E-state index in [1.165, 1.54) is 0 Å². The molecule has 4 heteroatoms. The number of nitrogens with zero attached hydrogens (tertiary/aromatic N) is 1. The van der Waals surface area contributed by atoms with Gasteiger partial charge in [-0.05, 0) is 42.6 Å². The molecule has 0 radical (unpaired) electrons. The van der Waals surface area contributed by atoms with Gasteiger partial charge in [-0.15, -0.1) is 0 Å². The molecule has 0 bridgehead atoms. The molecule has 1 heterocycles. The van der Waals surface area contributed by atoms with Gasteiger partial charge in [-0.1, -0.05) is 15.9 Å². The minimum Gasteiger partial charge on any atom is -0.330 e. The molecule has 1 aromatic carbocycles. The fraction of sp³-hybridized carbons (Fsp3) is 0.417. The van der Waals surface area contributed by atoms with Crippen molar-refractivity contribution < 1.29 is 4.79 Å². The zero-order chi connectivity index (χ0) is 11.3. The Hall–Kier alpha value is -0.870. The van der Waals surface area contributed by atoms with E-state index in [1.807, 2.05) is 29.2 Å². The summed E-state index contributed by atoms with van der Waals surface area (Å²) in [5, 5.41) is 0. The van der Waals surface area contributed by atoms with Crippen molar-refractivity contribution in [2.45, 2.75) is 0 Å². The van der Waals surface area contributed by atoms with Crippen LogP contribution in [0.25, 0.3) is 0 Å². The van der Waals surface area contributed by atoms with Crippen LogP contribution in [0.5, 0.6) is 0 Å². The molecular formula is C12H13BrN2O. The van der Waals surface area contributed by atoms with Crippen LogP contribution in [-0.2, 0) is 4.79 Å². The molecule has 2 fully saturated rings. The number of piperidine rings is 1. The van der Waals surface area contributed by atoms with Gasteiger partial charge in [0.1, 0.15) is 0 Å². The molecule has 3 atom stereocenters. The Kier molecular flexibility index (Phi) is 2.30. The molecule has 2 N–H and O–H groups in total. The van der Waals surface area contributed by atoms with Gasteiger partial charge < -0.3 is 10.6 Å². The maximum atomic E-state index is 12.1. The van der Waals surface area contributed by atoms with Crippen molar-refractivity contribution in [2.75, 3.05) is 18.0 Å². The molecule has 0 spiro atoms. The Labute approximate surface area is 103 Å². The third-order valence-electron chi connectivity index (χ3n) is 3.69. The number of nitrogens with two attached hydrogens (primary N) is 1. The lowest BCUT2D eigenvalue weighted by molar-refractivity contribution is -0.119. The zero-order valence-electron chi connectivity index (χ0n) is 8.77. The largest absolute Gasteiger partial charge is 0.330 e. The Morgan fingerprint density at radius 2 is 2.06 bits per heavy atom.